The van der Waals surface area contributed by atoms with Crippen molar-refractivity contribution in [1.82, 2.24) is 0 Å². The van der Waals surface area contributed by atoms with Crippen LogP contribution >= 0.6 is 0 Å². The summed E-state index contributed by atoms with van der Waals surface area (Å²) in [5.74, 6) is 1.89. The molecular formula is C23H38O13S4. The van der Waals surface area contributed by atoms with Crippen molar-refractivity contribution in [1.29, 1.82) is 0 Å². The van der Waals surface area contributed by atoms with Gasteiger partial charge < -0.3 is 9.47 Å². The first-order valence-electron chi connectivity index (χ1n) is 13.7. The topological polar surface area (TPSA) is 183 Å². The van der Waals surface area contributed by atoms with Gasteiger partial charge in [0, 0.05) is 11.8 Å². The average Bonchev–Trinajstić information content (AvgIpc) is 3.67. The first-order valence-corrected chi connectivity index (χ1v) is 20.0. The fourth-order valence-corrected chi connectivity index (χ4v) is 13.3. The third-order valence-corrected chi connectivity index (χ3v) is 15.6. The maximum atomic E-state index is 11.3. The Morgan fingerprint density at radius 3 is 1.27 bits per heavy atom. The van der Waals surface area contributed by atoms with Gasteiger partial charge in [-0.1, -0.05) is 20.8 Å². The lowest BCUT2D eigenvalue weighted by atomic mass is 9.88. The number of fused-ring (bicyclic) bond motifs is 2. The second kappa shape index (κ2) is 10.6. The van der Waals surface area contributed by atoms with Gasteiger partial charge in [-0.2, -0.15) is 25.3 Å². The van der Waals surface area contributed by atoms with Crippen LogP contribution in [0.2, 0.25) is 0 Å². The Kier molecular flexibility index (Phi) is 8.26. The lowest BCUT2D eigenvalue weighted by molar-refractivity contribution is 0.0829. The quantitative estimate of drug-likeness (QED) is 0.328. The van der Waals surface area contributed by atoms with Crippen LogP contribution in [-0.4, -0.2) is 104 Å². The standard InChI is InChI=1S/2C7H10O4S.C5H10O2S.C4H8O3S/c2*1-3-4-2-5-7(10-4)6(3)11-12(5,8)9;1-5-2-3-8(6,7)4-5;1-4-2-3-8(5,6)7-4/h2*3-7H,2H2,1H3;5H,2-4H2,1H3;4H,2-3H2,1H3. The monoisotopic (exact) mass is 650 g/mol. The first-order chi connectivity index (χ1) is 18.4. The number of rotatable bonds is 0. The van der Waals surface area contributed by atoms with Crippen molar-refractivity contribution in [3.8, 4) is 0 Å². The molecular weight excluding hydrogens is 613 g/mol. The van der Waals surface area contributed by atoms with Crippen LogP contribution in [0.5, 0.6) is 0 Å². The van der Waals surface area contributed by atoms with Gasteiger partial charge in [0.1, 0.15) is 34.9 Å². The second-order valence-electron chi connectivity index (χ2n) is 12.1. The number of hydrogen-bond donors (Lipinski definition) is 0. The molecule has 12 atom stereocenters. The molecule has 0 radical (unpaired) electrons. The van der Waals surface area contributed by atoms with Crippen LogP contribution in [0.4, 0.5) is 0 Å². The normalized spacial score (nSPS) is 49.9. The van der Waals surface area contributed by atoms with Crippen LogP contribution in [-0.2, 0) is 62.2 Å². The van der Waals surface area contributed by atoms with E-state index in [9.17, 15) is 33.7 Å². The third-order valence-electron chi connectivity index (χ3n) is 8.96. The summed E-state index contributed by atoms with van der Waals surface area (Å²) in [4.78, 5) is 0. The summed E-state index contributed by atoms with van der Waals surface area (Å²) in [5.41, 5.74) is 0. The smallest absolute Gasteiger partial charge is 0.273 e. The largest absolute Gasteiger partial charge is 0.370 e. The molecule has 0 aromatic heterocycles. The van der Waals surface area contributed by atoms with Crippen LogP contribution in [0.15, 0.2) is 0 Å². The molecule has 4 bridgehead atoms. The van der Waals surface area contributed by atoms with Gasteiger partial charge >= 0.3 is 0 Å². The average molecular weight is 651 g/mol. The minimum Gasteiger partial charge on any atom is -0.370 e. The Hall–Kier alpha value is -0.400. The Balaban J connectivity index is 0.000000110. The molecule has 0 saturated carbocycles. The fourth-order valence-electron chi connectivity index (χ4n) is 6.63. The van der Waals surface area contributed by atoms with Crippen molar-refractivity contribution in [3.63, 3.8) is 0 Å². The van der Waals surface area contributed by atoms with Crippen molar-refractivity contribution in [2.24, 2.45) is 17.8 Å². The summed E-state index contributed by atoms with van der Waals surface area (Å²) in [5, 5.41) is -0.743. The maximum absolute atomic E-state index is 11.3. The molecule has 0 amide bonds. The van der Waals surface area contributed by atoms with Gasteiger partial charge in [0.05, 0.1) is 35.6 Å². The van der Waals surface area contributed by atoms with Crippen molar-refractivity contribution >= 4 is 40.2 Å². The van der Waals surface area contributed by atoms with Crippen molar-refractivity contribution in [3.05, 3.63) is 0 Å². The fraction of sp³-hybridized carbons (Fsp3) is 1.00. The molecule has 8 aliphatic rings. The molecule has 0 aromatic carbocycles. The lowest BCUT2D eigenvalue weighted by Gasteiger charge is -2.15. The summed E-state index contributed by atoms with van der Waals surface area (Å²) in [6.45, 7) is 7.72. The van der Waals surface area contributed by atoms with Gasteiger partial charge in [0.2, 0.25) is 0 Å². The highest BCUT2D eigenvalue weighted by Crippen LogP contribution is 2.50. The Morgan fingerprint density at radius 2 is 1.05 bits per heavy atom. The predicted molar refractivity (Wildman–Crippen MR) is 141 cm³/mol. The van der Waals surface area contributed by atoms with Crippen LogP contribution in [0.25, 0.3) is 0 Å². The molecule has 40 heavy (non-hydrogen) atoms. The van der Waals surface area contributed by atoms with Crippen LogP contribution in [0.1, 0.15) is 53.4 Å². The van der Waals surface area contributed by atoms with Gasteiger partial charge in [0.25, 0.3) is 30.4 Å². The highest BCUT2D eigenvalue weighted by atomic mass is 32.2. The SMILES string of the molecule is CC1C2CC3C(O2)C1OS3(=O)=O.CC1C2CC3C(O2)C1OS3(=O)=O.CC1CCS(=O)(=O)C1.CC1CCS(=O)(=O)O1. The van der Waals surface area contributed by atoms with Crippen molar-refractivity contribution < 1.29 is 55.7 Å². The molecule has 13 nitrogen and oxygen atoms in total. The summed E-state index contributed by atoms with van der Waals surface area (Å²) >= 11 is 0. The van der Waals surface area contributed by atoms with Gasteiger partial charge in [-0.15, -0.1) is 0 Å². The zero-order valence-corrected chi connectivity index (χ0v) is 26.1. The molecule has 12 unspecified atom stereocenters. The van der Waals surface area contributed by atoms with Crippen molar-refractivity contribution in [2.75, 3.05) is 17.3 Å². The van der Waals surface area contributed by atoms with E-state index in [0.717, 1.165) is 6.42 Å². The minimum atomic E-state index is -3.29. The Labute approximate surface area is 236 Å². The molecule has 0 N–H and O–H groups in total. The van der Waals surface area contributed by atoms with Crippen molar-refractivity contribution in [2.45, 2.75) is 107 Å². The molecule has 0 aromatic rings. The summed E-state index contributed by atoms with van der Waals surface area (Å²) in [6.07, 6.45) is 2.16. The van der Waals surface area contributed by atoms with Gasteiger partial charge in [-0.3, -0.25) is 12.5 Å². The second-order valence-corrected chi connectivity index (χ2v) is 19.6. The first kappa shape index (κ1) is 31.0. The molecule has 0 aliphatic carbocycles. The molecule has 8 saturated heterocycles. The minimum absolute atomic E-state index is 0.0972. The van der Waals surface area contributed by atoms with E-state index >= 15 is 0 Å². The highest BCUT2D eigenvalue weighted by molar-refractivity contribution is 7.91. The molecule has 0 spiro atoms. The van der Waals surface area contributed by atoms with E-state index < -0.39 is 40.2 Å². The third kappa shape index (κ3) is 6.00. The van der Waals surface area contributed by atoms with E-state index in [-0.39, 0.29) is 70.8 Å². The van der Waals surface area contributed by atoms with E-state index in [1.54, 1.807) is 6.92 Å². The highest BCUT2D eigenvalue weighted by Gasteiger charge is 2.65. The molecule has 8 fully saturated rings. The Bertz CT molecular complexity index is 1300. The summed E-state index contributed by atoms with van der Waals surface area (Å²) in [6, 6.07) is 0. The lowest BCUT2D eigenvalue weighted by Crippen LogP contribution is -2.32. The predicted octanol–water partition coefficient (Wildman–Crippen LogP) is 0.348. The van der Waals surface area contributed by atoms with E-state index in [1.807, 2.05) is 20.8 Å². The van der Waals surface area contributed by atoms with E-state index in [0.29, 0.717) is 36.7 Å². The molecule has 17 heteroatoms. The molecule has 8 aliphatic heterocycles. The number of sulfone groups is 1. The van der Waals surface area contributed by atoms with Crippen LogP contribution in [0, 0.1) is 17.8 Å². The van der Waals surface area contributed by atoms with Crippen LogP contribution in [0.3, 0.4) is 0 Å². The van der Waals surface area contributed by atoms with E-state index in [2.05, 4.69) is 4.18 Å². The van der Waals surface area contributed by atoms with Gasteiger partial charge in [-0.25, -0.2) is 8.42 Å². The molecule has 8 heterocycles. The maximum Gasteiger partial charge on any atom is 0.273 e. The van der Waals surface area contributed by atoms with Gasteiger partial charge in [0.15, 0.2) is 9.84 Å². The zero-order valence-electron chi connectivity index (χ0n) is 22.8. The molecule has 8 rings (SSSR count). The van der Waals surface area contributed by atoms with E-state index in [4.69, 9.17) is 17.8 Å². The Morgan fingerprint density at radius 1 is 0.575 bits per heavy atom. The van der Waals surface area contributed by atoms with Gasteiger partial charge in [-0.05, 0) is 38.5 Å². The summed E-state index contributed by atoms with van der Waals surface area (Å²) < 4.78 is 113. The zero-order chi connectivity index (χ0) is 29.4. The number of ether oxygens (including phenoxy) is 2. The number of hydrogen-bond acceptors (Lipinski definition) is 13. The van der Waals surface area contributed by atoms with E-state index in [1.165, 1.54) is 0 Å². The summed E-state index contributed by atoms with van der Waals surface area (Å²) in [7, 11) is -12.3. The van der Waals surface area contributed by atoms with Crippen LogP contribution < -0.4 is 0 Å². The molecule has 232 valence electrons.